The molecule has 0 saturated carbocycles. The molecule has 1 saturated heterocycles. The molecule has 0 aliphatic carbocycles. The number of hydrogen-bond donors (Lipinski definition) is 0. The summed E-state index contributed by atoms with van der Waals surface area (Å²) >= 11 is 1.60. The predicted molar refractivity (Wildman–Crippen MR) is 135 cm³/mol. The molecule has 2 aromatic heterocycles. The molecule has 0 radical (unpaired) electrons. The first-order valence-electron chi connectivity index (χ1n) is 11.4. The van der Waals surface area contributed by atoms with Crippen LogP contribution in [-0.2, 0) is 6.54 Å². The predicted octanol–water partition coefficient (Wildman–Crippen LogP) is 4.88. The van der Waals surface area contributed by atoms with Crippen LogP contribution in [0.1, 0.15) is 27.9 Å². The van der Waals surface area contributed by atoms with Crippen LogP contribution < -0.4 is 4.90 Å². The lowest BCUT2D eigenvalue weighted by atomic mass is 10.2. The fourth-order valence-electron chi connectivity index (χ4n) is 4.32. The second kappa shape index (κ2) is 9.94. The Morgan fingerprint density at radius 3 is 2.53 bits per heavy atom. The van der Waals surface area contributed by atoms with Gasteiger partial charge in [0.15, 0.2) is 0 Å². The first-order chi connectivity index (χ1) is 16.7. The van der Waals surface area contributed by atoms with Gasteiger partial charge in [-0.25, -0.2) is 0 Å². The van der Waals surface area contributed by atoms with Crippen molar-refractivity contribution in [3.8, 4) is 16.6 Å². The number of aromatic nitrogens is 2. The molecule has 6 nitrogen and oxygen atoms in total. The van der Waals surface area contributed by atoms with Gasteiger partial charge in [-0.15, -0.1) is 11.3 Å². The van der Waals surface area contributed by atoms with Crippen molar-refractivity contribution in [3.63, 3.8) is 0 Å². The van der Waals surface area contributed by atoms with Crippen LogP contribution in [0.15, 0.2) is 78.3 Å². The van der Waals surface area contributed by atoms with Gasteiger partial charge in [-0.2, -0.15) is 10.4 Å². The SMILES string of the molecule is N#Cc1ccc(N2CCCN(C(=O)c3cn(Cc4ccccc4)nc3-c3cccs3)CC2)cc1. The Morgan fingerprint density at radius 1 is 0.971 bits per heavy atom. The molecular formula is C27H25N5OS. The van der Waals surface area contributed by atoms with Gasteiger partial charge in [0.2, 0.25) is 0 Å². The lowest BCUT2D eigenvalue weighted by Crippen LogP contribution is -2.35. The average molecular weight is 468 g/mol. The number of thiophene rings is 1. The number of carbonyl (C=O) groups is 1. The van der Waals surface area contributed by atoms with Crippen molar-refractivity contribution in [2.24, 2.45) is 0 Å². The minimum Gasteiger partial charge on any atom is -0.370 e. The number of nitrogens with zero attached hydrogens (tertiary/aromatic N) is 5. The number of benzene rings is 2. The van der Waals surface area contributed by atoms with E-state index in [1.54, 1.807) is 11.3 Å². The summed E-state index contributed by atoms with van der Waals surface area (Å²) < 4.78 is 1.87. The molecule has 0 bridgehead atoms. The third kappa shape index (κ3) is 4.73. The van der Waals surface area contributed by atoms with Crippen molar-refractivity contribution in [1.29, 1.82) is 5.26 Å². The highest BCUT2D eigenvalue weighted by atomic mass is 32.1. The molecule has 1 fully saturated rings. The van der Waals surface area contributed by atoms with E-state index in [2.05, 4.69) is 23.1 Å². The third-order valence-corrected chi connectivity index (χ3v) is 6.96. The number of nitriles is 1. The summed E-state index contributed by atoms with van der Waals surface area (Å²) in [5.74, 6) is 0.0318. The van der Waals surface area contributed by atoms with E-state index in [1.165, 1.54) is 0 Å². The summed E-state index contributed by atoms with van der Waals surface area (Å²) in [6.07, 6.45) is 2.78. The maximum Gasteiger partial charge on any atom is 0.257 e. The first-order valence-corrected chi connectivity index (χ1v) is 12.3. The van der Waals surface area contributed by atoms with Gasteiger partial charge in [-0.1, -0.05) is 36.4 Å². The lowest BCUT2D eigenvalue weighted by molar-refractivity contribution is 0.0767. The second-order valence-corrected chi connectivity index (χ2v) is 9.29. The van der Waals surface area contributed by atoms with Crippen molar-refractivity contribution >= 4 is 22.9 Å². The standard InChI is InChI=1S/C27H25N5OS/c28-18-21-9-11-23(12-10-21)30-13-5-14-31(16-15-30)27(33)24-20-32(19-22-6-2-1-3-7-22)29-26(24)25-8-4-17-34-25/h1-4,6-12,17,20H,5,13-16,19H2. The quantitative estimate of drug-likeness (QED) is 0.419. The summed E-state index contributed by atoms with van der Waals surface area (Å²) in [5, 5.41) is 15.9. The molecule has 1 aliphatic rings. The van der Waals surface area contributed by atoms with E-state index >= 15 is 0 Å². The second-order valence-electron chi connectivity index (χ2n) is 8.34. The van der Waals surface area contributed by atoms with Gasteiger partial charge in [0, 0.05) is 38.1 Å². The van der Waals surface area contributed by atoms with Gasteiger partial charge in [-0.05, 0) is 47.7 Å². The lowest BCUT2D eigenvalue weighted by Gasteiger charge is -2.23. The van der Waals surface area contributed by atoms with Gasteiger partial charge < -0.3 is 9.80 Å². The van der Waals surface area contributed by atoms with Crippen molar-refractivity contribution in [2.75, 3.05) is 31.1 Å². The summed E-state index contributed by atoms with van der Waals surface area (Å²) in [4.78, 5) is 18.9. The van der Waals surface area contributed by atoms with Crippen LogP contribution in [0.3, 0.4) is 0 Å². The minimum atomic E-state index is 0.0318. The van der Waals surface area contributed by atoms with Gasteiger partial charge >= 0.3 is 0 Å². The van der Waals surface area contributed by atoms with E-state index in [0.29, 0.717) is 30.8 Å². The normalized spacial score (nSPS) is 14.0. The van der Waals surface area contributed by atoms with Crippen molar-refractivity contribution in [3.05, 3.63) is 95.0 Å². The monoisotopic (exact) mass is 467 g/mol. The van der Waals surface area contributed by atoms with E-state index in [4.69, 9.17) is 10.4 Å². The van der Waals surface area contributed by atoms with Gasteiger partial charge in [-0.3, -0.25) is 9.48 Å². The van der Waals surface area contributed by atoms with Crippen LogP contribution in [0.2, 0.25) is 0 Å². The molecule has 0 N–H and O–H groups in total. The van der Waals surface area contributed by atoms with Crippen molar-refractivity contribution in [1.82, 2.24) is 14.7 Å². The number of rotatable bonds is 5. The van der Waals surface area contributed by atoms with E-state index in [1.807, 2.05) is 75.8 Å². The van der Waals surface area contributed by atoms with Crippen molar-refractivity contribution < 1.29 is 4.79 Å². The maximum absolute atomic E-state index is 13.7. The summed E-state index contributed by atoms with van der Waals surface area (Å²) in [6, 6.07) is 24.0. The maximum atomic E-state index is 13.7. The smallest absolute Gasteiger partial charge is 0.257 e. The average Bonchev–Trinajstić information content (AvgIpc) is 3.49. The zero-order chi connectivity index (χ0) is 23.3. The van der Waals surface area contributed by atoms with E-state index < -0.39 is 0 Å². The van der Waals surface area contributed by atoms with Gasteiger partial charge in [0.05, 0.1) is 28.6 Å². The zero-order valence-electron chi connectivity index (χ0n) is 18.8. The van der Waals surface area contributed by atoms with Crippen LogP contribution in [0.25, 0.3) is 10.6 Å². The molecular weight excluding hydrogens is 442 g/mol. The van der Waals surface area contributed by atoms with Crippen molar-refractivity contribution in [2.45, 2.75) is 13.0 Å². The fourth-order valence-corrected chi connectivity index (χ4v) is 5.04. The number of carbonyl (C=O) groups excluding carboxylic acids is 1. The number of anilines is 1. The highest BCUT2D eigenvalue weighted by molar-refractivity contribution is 7.13. The van der Waals surface area contributed by atoms with Crippen LogP contribution >= 0.6 is 11.3 Å². The topological polar surface area (TPSA) is 65.2 Å². The first kappa shape index (κ1) is 21.9. The summed E-state index contributed by atoms with van der Waals surface area (Å²) in [5.41, 5.74) is 4.30. The molecule has 170 valence electrons. The zero-order valence-corrected chi connectivity index (χ0v) is 19.6. The van der Waals surface area contributed by atoms with Crippen LogP contribution in [0, 0.1) is 11.3 Å². The van der Waals surface area contributed by atoms with E-state index in [9.17, 15) is 4.79 Å². The van der Waals surface area contributed by atoms with E-state index in [-0.39, 0.29) is 5.91 Å². The molecule has 3 heterocycles. The Bertz CT molecular complexity index is 1290. The Morgan fingerprint density at radius 2 is 1.79 bits per heavy atom. The molecule has 2 aromatic carbocycles. The Kier molecular flexibility index (Phi) is 6.41. The molecule has 1 aliphatic heterocycles. The van der Waals surface area contributed by atoms with Crippen LogP contribution in [-0.4, -0.2) is 46.8 Å². The largest absolute Gasteiger partial charge is 0.370 e. The molecule has 1 amide bonds. The fraction of sp³-hybridized carbons (Fsp3) is 0.222. The number of amides is 1. The highest BCUT2D eigenvalue weighted by Crippen LogP contribution is 2.28. The summed E-state index contributed by atoms with van der Waals surface area (Å²) in [6.45, 7) is 3.61. The Labute approximate surface area is 203 Å². The molecule has 4 aromatic rings. The van der Waals surface area contributed by atoms with Gasteiger partial charge in [0.25, 0.3) is 5.91 Å². The minimum absolute atomic E-state index is 0.0318. The van der Waals surface area contributed by atoms with Crippen LogP contribution in [0.4, 0.5) is 5.69 Å². The molecule has 0 atom stereocenters. The molecule has 5 rings (SSSR count). The Balaban J connectivity index is 1.36. The molecule has 34 heavy (non-hydrogen) atoms. The molecule has 7 heteroatoms. The third-order valence-electron chi connectivity index (χ3n) is 6.08. The highest BCUT2D eigenvalue weighted by Gasteiger charge is 2.25. The molecule has 0 spiro atoms. The molecule has 0 unspecified atom stereocenters. The number of hydrogen-bond acceptors (Lipinski definition) is 5. The van der Waals surface area contributed by atoms with Gasteiger partial charge in [0.1, 0.15) is 5.69 Å². The Hall–Kier alpha value is -3.89. The van der Waals surface area contributed by atoms with E-state index in [0.717, 1.165) is 41.3 Å². The van der Waals surface area contributed by atoms with Crippen LogP contribution in [0.5, 0.6) is 0 Å². The summed E-state index contributed by atoms with van der Waals surface area (Å²) in [7, 11) is 0.